The Hall–Kier alpha value is -1.56. The molecule has 100 valence electrons. The molecule has 2 aromatic rings. The number of hydrogen-bond acceptors (Lipinski definition) is 1. The maximum atomic E-state index is 7.65. The van der Waals surface area contributed by atoms with Crippen molar-refractivity contribution in [2.75, 3.05) is 0 Å². The highest BCUT2D eigenvalue weighted by atomic mass is 127. The van der Waals surface area contributed by atoms with Crippen LogP contribution in [0.2, 0.25) is 0 Å². The van der Waals surface area contributed by atoms with Crippen molar-refractivity contribution in [1.29, 1.82) is 5.41 Å². The van der Waals surface area contributed by atoms with E-state index in [1.165, 1.54) is 0 Å². The molecule has 0 atom stereocenters. The molecule has 0 aliphatic rings. The molecule has 0 saturated heterocycles. The van der Waals surface area contributed by atoms with Crippen molar-refractivity contribution in [2.45, 2.75) is 13.1 Å². The molecule has 0 spiro atoms. The van der Waals surface area contributed by atoms with Gasteiger partial charge < -0.3 is 10.6 Å². The highest BCUT2D eigenvalue weighted by Gasteiger charge is 2.07. The van der Waals surface area contributed by atoms with Gasteiger partial charge in [-0.15, -0.1) is 24.0 Å². The largest absolute Gasteiger partial charge is 0.370 e. The summed E-state index contributed by atoms with van der Waals surface area (Å²) in [6, 6.07) is 20.1. The molecule has 3 nitrogen and oxygen atoms in total. The van der Waals surface area contributed by atoms with Gasteiger partial charge in [0.2, 0.25) is 0 Å². The molecule has 4 heteroatoms. The molecule has 2 rings (SSSR count). The van der Waals surface area contributed by atoms with Crippen LogP contribution in [0.15, 0.2) is 60.7 Å². The third-order valence-electron chi connectivity index (χ3n) is 2.77. The van der Waals surface area contributed by atoms with Gasteiger partial charge in [0.1, 0.15) is 0 Å². The summed E-state index contributed by atoms with van der Waals surface area (Å²) in [6.07, 6.45) is 0. The highest BCUT2D eigenvalue weighted by Crippen LogP contribution is 2.09. The summed E-state index contributed by atoms with van der Waals surface area (Å²) in [6.45, 7) is 1.32. The molecule has 0 fully saturated rings. The zero-order valence-corrected chi connectivity index (χ0v) is 13.0. The average molecular weight is 367 g/mol. The fourth-order valence-electron chi connectivity index (χ4n) is 1.83. The van der Waals surface area contributed by atoms with Crippen molar-refractivity contribution in [3.8, 4) is 0 Å². The van der Waals surface area contributed by atoms with Gasteiger partial charge in [-0.2, -0.15) is 0 Å². The van der Waals surface area contributed by atoms with Gasteiger partial charge in [-0.1, -0.05) is 60.7 Å². The lowest BCUT2D eigenvalue weighted by atomic mass is 10.2. The third kappa shape index (κ3) is 4.90. The van der Waals surface area contributed by atoms with Crippen molar-refractivity contribution in [1.82, 2.24) is 4.90 Å². The predicted molar refractivity (Wildman–Crippen MR) is 89.5 cm³/mol. The van der Waals surface area contributed by atoms with Crippen LogP contribution in [0.3, 0.4) is 0 Å². The van der Waals surface area contributed by atoms with E-state index in [1.807, 2.05) is 65.6 Å². The molecule has 0 heterocycles. The molecule has 0 aliphatic heterocycles. The molecule has 0 unspecified atom stereocenters. The van der Waals surface area contributed by atoms with Crippen LogP contribution in [0, 0.1) is 5.41 Å². The van der Waals surface area contributed by atoms with E-state index in [2.05, 4.69) is 0 Å². The normalized spacial score (nSPS) is 9.47. The van der Waals surface area contributed by atoms with E-state index in [0.29, 0.717) is 13.1 Å². The van der Waals surface area contributed by atoms with Gasteiger partial charge >= 0.3 is 0 Å². The zero-order valence-electron chi connectivity index (χ0n) is 10.6. The van der Waals surface area contributed by atoms with Gasteiger partial charge in [0.25, 0.3) is 0 Å². The van der Waals surface area contributed by atoms with Crippen molar-refractivity contribution < 1.29 is 0 Å². The lowest BCUT2D eigenvalue weighted by molar-refractivity contribution is 0.399. The topological polar surface area (TPSA) is 53.1 Å². The van der Waals surface area contributed by atoms with E-state index in [-0.39, 0.29) is 29.9 Å². The van der Waals surface area contributed by atoms with Crippen molar-refractivity contribution in [3.05, 3.63) is 71.8 Å². The minimum Gasteiger partial charge on any atom is -0.370 e. The first-order chi connectivity index (χ1) is 8.75. The number of nitrogens with two attached hydrogens (primary N) is 1. The Balaban J connectivity index is 0.00000180. The first kappa shape index (κ1) is 15.5. The number of benzene rings is 2. The van der Waals surface area contributed by atoms with Crippen molar-refractivity contribution >= 4 is 29.9 Å². The predicted octanol–water partition coefficient (Wildman–Crippen LogP) is 3.20. The molecule has 0 aromatic heterocycles. The van der Waals surface area contributed by atoms with Crippen LogP contribution >= 0.6 is 24.0 Å². The van der Waals surface area contributed by atoms with Gasteiger partial charge in [0, 0.05) is 13.1 Å². The maximum Gasteiger partial charge on any atom is 0.188 e. The van der Waals surface area contributed by atoms with Gasteiger partial charge in [-0.25, -0.2) is 0 Å². The quantitative estimate of drug-likeness (QED) is 0.495. The second kappa shape index (κ2) is 7.78. The number of guanidine groups is 1. The molecule has 2 aromatic carbocycles. The van der Waals surface area contributed by atoms with Crippen LogP contribution in [0.4, 0.5) is 0 Å². The number of nitrogens with zero attached hydrogens (tertiary/aromatic N) is 1. The van der Waals surface area contributed by atoms with E-state index in [4.69, 9.17) is 11.1 Å². The van der Waals surface area contributed by atoms with Crippen molar-refractivity contribution in [2.24, 2.45) is 5.73 Å². The Kier molecular flexibility index (Phi) is 6.35. The summed E-state index contributed by atoms with van der Waals surface area (Å²) in [7, 11) is 0. The molecule has 0 radical (unpaired) electrons. The highest BCUT2D eigenvalue weighted by molar-refractivity contribution is 14.0. The summed E-state index contributed by atoms with van der Waals surface area (Å²) in [5.74, 6) is 0.0997. The fraction of sp³-hybridized carbons (Fsp3) is 0.133. The van der Waals surface area contributed by atoms with Crippen molar-refractivity contribution in [3.63, 3.8) is 0 Å². The Bertz CT molecular complexity index is 458. The van der Waals surface area contributed by atoms with Crippen LogP contribution in [-0.4, -0.2) is 10.9 Å². The van der Waals surface area contributed by atoms with E-state index in [1.54, 1.807) is 0 Å². The summed E-state index contributed by atoms with van der Waals surface area (Å²) >= 11 is 0. The molecule has 0 amide bonds. The number of halogens is 1. The van der Waals surface area contributed by atoms with Crippen LogP contribution in [-0.2, 0) is 13.1 Å². The monoisotopic (exact) mass is 367 g/mol. The number of hydrogen-bond donors (Lipinski definition) is 2. The lowest BCUT2D eigenvalue weighted by Crippen LogP contribution is -2.35. The Morgan fingerprint density at radius 3 is 1.53 bits per heavy atom. The molecule has 0 saturated carbocycles. The van der Waals surface area contributed by atoms with E-state index in [0.717, 1.165) is 11.1 Å². The summed E-state index contributed by atoms with van der Waals surface area (Å²) in [4.78, 5) is 1.85. The Morgan fingerprint density at radius 2 is 1.21 bits per heavy atom. The average Bonchev–Trinajstić information content (AvgIpc) is 2.40. The molecule has 0 bridgehead atoms. The van der Waals surface area contributed by atoms with E-state index < -0.39 is 0 Å². The fourth-order valence-corrected chi connectivity index (χ4v) is 1.83. The van der Waals surface area contributed by atoms with Gasteiger partial charge in [0.05, 0.1) is 0 Å². The minimum atomic E-state index is 0. The number of nitrogens with one attached hydrogen (secondary N) is 1. The SMILES string of the molecule is I.N=C(N)N(Cc1ccccc1)Cc1ccccc1. The van der Waals surface area contributed by atoms with Crippen LogP contribution in [0.25, 0.3) is 0 Å². The number of rotatable bonds is 4. The van der Waals surface area contributed by atoms with Crippen LogP contribution < -0.4 is 5.73 Å². The smallest absolute Gasteiger partial charge is 0.188 e. The Labute approximate surface area is 131 Å². The first-order valence-corrected chi connectivity index (χ1v) is 5.92. The standard InChI is InChI=1S/C15H17N3.HI/c16-15(17)18(11-13-7-3-1-4-8-13)12-14-9-5-2-6-10-14;/h1-10H,11-12H2,(H3,16,17);1H. The summed E-state index contributed by atoms with van der Waals surface area (Å²) < 4.78 is 0. The molecule has 19 heavy (non-hydrogen) atoms. The maximum absolute atomic E-state index is 7.65. The lowest BCUT2D eigenvalue weighted by Gasteiger charge is -2.22. The van der Waals surface area contributed by atoms with E-state index >= 15 is 0 Å². The first-order valence-electron chi connectivity index (χ1n) is 5.92. The Morgan fingerprint density at radius 1 is 0.842 bits per heavy atom. The summed E-state index contributed by atoms with van der Waals surface area (Å²) in [5.41, 5.74) is 7.95. The van der Waals surface area contributed by atoms with Crippen LogP contribution in [0.1, 0.15) is 11.1 Å². The molecule has 0 aliphatic carbocycles. The summed E-state index contributed by atoms with van der Waals surface area (Å²) in [5, 5.41) is 7.65. The van der Waals surface area contributed by atoms with E-state index in [9.17, 15) is 0 Å². The van der Waals surface area contributed by atoms with Gasteiger partial charge in [-0.05, 0) is 11.1 Å². The zero-order chi connectivity index (χ0) is 12.8. The van der Waals surface area contributed by atoms with Gasteiger partial charge in [0.15, 0.2) is 5.96 Å². The minimum absolute atomic E-state index is 0. The molecule has 3 N–H and O–H groups in total. The third-order valence-corrected chi connectivity index (χ3v) is 2.77. The second-order valence-corrected chi connectivity index (χ2v) is 4.21. The molecular weight excluding hydrogens is 349 g/mol. The van der Waals surface area contributed by atoms with Crippen LogP contribution in [0.5, 0.6) is 0 Å². The van der Waals surface area contributed by atoms with Gasteiger partial charge in [-0.3, -0.25) is 5.41 Å². The second-order valence-electron chi connectivity index (χ2n) is 4.21. The molecular formula is C15H18IN3.